The van der Waals surface area contributed by atoms with Crippen molar-refractivity contribution in [2.24, 2.45) is 0 Å². The van der Waals surface area contributed by atoms with E-state index >= 15 is 0 Å². The second-order valence-corrected chi connectivity index (χ2v) is 5.16. The summed E-state index contributed by atoms with van der Waals surface area (Å²) in [6.07, 6.45) is 2.76. The van der Waals surface area contributed by atoms with Gasteiger partial charge in [-0.25, -0.2) is 0 Å². The molecule has 0 bridgehead atoms. The molecular formula is C12H28N2S. The molecule has 1 saturated heterocycles. The fourth-order valence-electron chi connectivity index (χ4n) is 2.47. The first-order valence-corrected chi connectivity index (χ1v) is 5.98. The molecule has 0 aromatic carbocycles. The monoisotopic (exact) mass is 232 g/mol. The molecule has 0 aliphatic carbocycles. The minimum atomic E-state index is 0. The Labute approximate surface area is 102 Å². The molecule has 15 heavy (non-hydrogen) atoms. The van der Waals surface area contributed by atoms with Gasteiger partial charge in [-0.2, -0.15) is 13.5 Å². The van der Waals surface area contributed by atoms with Crippen LogP contribution in [0.2, 0.25) is 0 Å². The van der Waals surface area contributed by atoms with E-state index in [4.69, 9.17) is 0 Å². The standard InChI is InChI=1S/C12H26N2.H2S/c1-10(2)14(11(3)4)9-12-7-6-8-13(12)5;/h10-12H,6-9H2,1-5H3;1H2/t12-;/m0./s1. The van der Waals surface area contributed by atoms with Crippen LogP contribution in [0, 0.1) is 0 Å². The highest BCUT2D eigenvalue weighted by molar-refractivity contribution is 7.59. The van der Waals surface area contributed by atoms with Gasteiger partial charge in [0.15, 0.2) is 0 Å². The van der Waals surface area contributed by atoms with Crippen LogP contribution in [-0.4, -0.2) is 48.1 Å². The van der Waals surface area contributed by atoms with Gasteiger partial charge in [0.2, 0.25) is 0 Å². The maximum absolute atomic E-state index is 2.60. The average molecular weight is 232 g/mol. The van der Waals surface area contributed by atoms with Crippen molar-refractivity contribution in [3.05, 3.63) is 0 Å². The predicted octanol–water partition coefficient (Wildman–Crippen LogP) is 2.31. The van der Waals surface area contributed by atoms with Gasteiger partial charge in [0.05, 0.1) is 0 Å². The van der Waals surface area contributed by atoms with Gasteiger partial charge in [-0.05, 0) is 54.1 Å². The predicted molar refractivity (Wildman–Crippen MR) is 73.0 cm³/mol. The Morgan fingerprint density at radius 2 is 1.73 bits per heavy atom. The molecule has 0 spiro atoms. The van der Waals surface area contributed by atoms with E-state index in [0.717, 1.165) is 6.04 Å². The van der Waals surface area contributed by atoms with Crippen molar-refractivity contribution in [2.75, 3.05) is 20.1 Å². The molecule has 92 valence electrons. The molecule has 1 heterocycles. The molecular weight excluding hydrogens is 204 g/mol. The first-order valence-electron chi connectivity index (χ1n) is 5.98. The lowest BCUT2D eigenvalue weighted by molar-refractivity contribution is 0.129. The third-order valence-corrected chi connectivity index (χ3v) is 3.42. The number of likely N-dealkylation sites (N-methyl/N-ethyl adjacent to an activating group) is 1. The maximum Gasteiger partial charge on any atom is 0.0220 e. The first kappa shape index (κ1) is 15.3. The van der Waals surface area contributed by atoms with E-state index in [1.807, 2.05) is 0 Å². The zero-order valence-electron chi connectivity index (χ0n) is 11.0. The summed E-state index contributed by atoms with van der Waals surface area (Å²) < 4.78 is 0. The van der Waals surface area contributed by atoms with Crippen molar-refractivity contribution in [3.8, 4) is 0 Å². The van der Waals surface area contributed by atoms with E-state index in [0.29, 0.717) is 12.1 Å². The molecule has 0 amide bonds. The molecule has 0 aromatic heterocycles. The maximum atomic E-state index is 2.60. The van der Waals surface area contributed by atoms with Crippen molar-refractivity contribution in [2.45, 2.75) is 58.7 Å². The third-order valence-electron chi connectivity index (χ3n) is 3.42. The summed E-state index contributed by atoms with van der Waals surface area (Å²) in [4.78, 5) is 5.12. The Morgan fingerprint density at radius 3 is 2.07 bits per heavy atom. The van der Waals surface area contributed by atoms with Gasteiger partial charge >= 0.3 is 0 Å². The van der Waals surface area contributed by atoms with Crippen molar-refractivity contribution >= 4 is 13.5 Å². The second-order valence-electron chi connectivity index (χ2n) is 5.16. The SMILES string of the molecule is CC(C)N(C[C@@H]1CCCN1C)C(C)C.S. The van der Waals surface area contributed by atoms with Gasteiger partial charge in [0, 0.05) is 24.7 Å². The quantitative estimate of drug-likeness (QED) is 0.734. The van der Waals surface area contributed by atoms with Crippen molar-refractivity contribution in [1.82, 2.24) is 9.80 Å². The van der Waals surface area contributed by atoms with Gasteiger partial charge in [0.25, 0.3) is 0 Å². The highest BCUT2D eigenvalue weighted by atomic mass is 32.1. The molecule has 0 saturated carbocycles. The zero-order valence-corrected chi connectivity index (χ0v) is 12.0. The van der Waals surface area contributed by atoms with Crippen molar-refractivity contribution in [3.63, 3.8) is 0 Å². The topological polar surface area (TPSA) is 6.48 Å². The van der Waals surface area contributed by atoms with Crippen LogP contribution in [0.4, 0.5) is 0 Å². The number of rotatable bonds is 4. The van der Waals surface area contributed by atoms with E-state index in [1.54, 1.807) is 0 Å². The summed E-state index contributed by atoms with van der Waals surface area (Å²) in [5.74, 6) is 0. The van der Waals surface area contributed by atoms with Crippen LogP contribution in [0.1, 0.15) is 40.5 Å². The Hall–Kier alpha value is 0.270. The number of likely N-dealkylation sites (tertiary alicyclic amines) is 1. The number of nitrogens with zero attached hydrogens (tertiary/aromatic N) is 2. The molecule has 1 rings (SSSR count). The van der Waals surface area contributed by atoms with Crippen LogP contribution in [0.25, 0.3) is 0 Å². The molecule has 3 heteroatoms. The zero-order chi connectivity index (χ0) is 10.7. The van der Waals surface area contributed by atoms with Crippen molar-refractivity contribution < 1.29 is 0 Å². The van der Waals surface area contributed by atoms with Crippen molar-refractivity contribution in [1.29, 1.82) is 0 Å². The van der Waals surface area contributed by atoms with Crippen LogP contribution >= 0.6 is 13.5 Å². The van der Waals surface area contributed by atoms with Crippen LogP contribution in [0.5, 0.6) is 0 Å². The number of hydrogen-bond acceptors (Lipinski definition) is 2. The molecule has 0 N–H and O–H groups in total. The lowest BCUT2D eigenvalue weighted by Gasteiger charge is -2.34. The van der Waals surface area contributed by atoms with Gasteiger partial charge in [-0.15, -0.1) is 0 Å². The fourth-order valence-corrected chi connectivity index (χ4v) is 2.47. The fraction of sp³-hybridized carbons (Fsp3) is 1.00. The summed E-state index contributed by atoms with van der Waals surface area (Å²) >= 11 is 0. The molecule has 1 fully saturated rings. The second kappa shape index (κ2) is 6.77. The Balaban J connectivity index is 0.00000196. The lowest BCUT2D eigenvalue weighted by atomic mass is 10.1. The molecule has 0 unspecified atom stereocenters. The first-order chi connectivity index (χ1) is 6.52. The van der Waals surface area contributed by atoms with Crippen LogP contribution in [0.15, 0.2) is 0 Å². The molecule has 1 atom stereocenters. The molecule has 0 aromatic rings. The van der Waals surface area contributed by atoms with Crippen LogP contribution in [-0.2, 0) is 0 Å². The third kappa shape index (κ3) is 4.33. The summed E-state index contributed by atoms with van der Waals surface area (Å²) in [6.45, 7) is 11.7. The van der Waals surface area contributed by atoms with E-state index in [9.17, 15) is 0 Å². The number of hydrogen-bond donors (Lipinski definition) is 0. The molecule has 0 radical (unpaired) electrons. The summed E-state index contributed by atoms with van der Waals surface area (Å²) in [5, 5.41) is 0. The van der Waals surface area contributed by atoms with E-state index in [2.05, 4.69) is 44.5 Å². The van der Waals surface area contributed by atoms with Gasteiger partial charge < -0.3 is 4.90 Å². The Bertz CT molecular complexity index is 163. The van der Waals surface area contributed by atoms with Gasteiger partial charge in [0.1, 0.15) is 0 Å². The Morgan fingerprint density at radius 1 is 1.20 bits per heavy atom. The van der Waals surface area contributed by atoms with Crippen LogP contribution < -0.4 is 0 Å². The van der Waals surface area contributed by atoms with E-state index < -0.39 is 0 Å². The van der Waals surface area contributed by atoms with Gasteiger partial charge in [-0.1, -0.05) is 0 Å². The van der Waals surface area contributed by atoms with Gasteiger partial charge in [-0.3, -0.25) is 4.90 Å². The summed E-state index contributed by atoms with van der Waals surface area (Å²) in [7, 11) is 2.26. The molecule has 2 nitrogen and oxygen atoms in total. The average Bonchev–Trinajstić information content (AvgIpc) is 2.46. The lowest BCUT2D eigenvalue weighted by Crippen LogP contribution is -2.45. The smallest absolute Gasteiger partial charge is 0.0220 e. The highest BCUT2D eigenvalue weighted by Crippen LogP contribution is 2.18. The minimum absolute atomic E-state index is 0. The Kier molecular flexibility index (Phi) is 6.89. The summed E-state index contributed by atoms with van der Waals surface area (Å²) in [6, 6.07) is 2.13. The van der Waals surface area contributed by atoms with E-state index in [-0.39, 0.29) is 13.5 Å². The normalized spacial score (nSPS) is 22.8. The van der Waals surface area contributed by atoms with E-state index in [1.165, 1.54) is 25.9 Å². The summed E-state index contributed by atoms with van der Waals surface area (Å²) in [5.41, 5.74) is 0. The van der Waals surface area contributed by atoms with Crippen LogP contribution in [0.3, 0.4) is 0 Å². The minimum Gasteiger partial charge on any atom is -0.302 e. The largest absolute Gasteiger partial charge is 0.302 e. The molecule has 1 aliphatic heterocycles. The highest BCUT2D eigenvalue weighted by Gasteiger charge is 2.25. The molecule has 1 aliphatic rings.